The molecule has 16 heavy (non-hydrogen) atoms. The van der Waals surface area contributed by atoms with Crippen LogP contribution in [-0.2, 0) is 4.74 Å². The number of halogens is 1. The molecule has 0 bridgehead atoms. The van der Waals surface area contributed by atoms with Crippen LogP contribution in [0.15, 0.2) is 0 Å². The summed E-state index contributed by atoms with van der Waals surface area (Å²) in [6.07, 6.45) is -1.48. The lowest BCUT2D eigenvalue weighted by atomic mass is 10.0. The number of alkyl halides is 1. The van der Waals surface area contributed by atoms with E-state index in [1.807, 2.05) is 6.07 Å². The van der Waals surface area contributed by atoms with Gasteiger partial charge in [-0.3, -0.25) is 0 Å². The van der Waals surface area contributed by atoms with E-state index in [1.165, 1.54) is 4.90 Å². The minimum Gasteiger partial charge on any atom is -0.444 e. The molecule has 0 unspecified atom stereocenters. The molecule has 0 saturated carbocycles. The molecule has 1 heterocycles. The third-order valence-corrected chi connectivity index (χ3v) is 2.37. The second kappa shape index (κ2) is 4.69. The van der Waals surface area contributed by atoms with Crippen molar-refractivity contribution in [1.82, 2.24) is 4.90 Å². The van der Waals surface area contributed by atoms with E-state index in [0.717, 1.165) is 0 Å². The van der Waals surface area contributed by atoms with Gasteiger partial charge in [0.25, 0.3) is 0 Å². The van der Waals surface area contributed by atoms with Crippen LogP contribution in [0, 0.1) is 17.2 Å². The Balaban J connectivity index is 2.52. The van der Waals surface area contributed by atoms with E-state index in [9.17, 15) is 9.18 Å². The summed E-state index contributed by atoms with van der Waals surface area (Å²) in [6.45, 7) is 5.59. The molecule has 4 nitrogen and oxygen atoms in total. The maximum absolute atomic E-state index is 13.4. The van der Waals surface area contributed by atoms with E-state index in [0.29, 0.717) is 0 Å². The first-order valence-corrected chi connectivity index (χ1v) is 5.32. The summed E-state index contributed by atoms with van der Waals surface area (Å²) in [5.41, 5.74) is -0.573. The lowest BCUT2D eigenvalue weighted by molar-refractivity contribution is 0.0281. The quantitative estimate of drug-likeness (QED) is 0.690. The molecule has 5 heteroatoms. The van der Waals surface area contributed by atoms with Gasteiger partial charge in [-0.15, -0.1) is 0 Å². The molecule has 0 aliphatic carbocycles. The molecule has 1 saturated heterocycles. The van der Waals surface area contributed by atoms with Gasteiger partial charge in [0, 0.05) is 18.9 Å². The first-order chi connectivity index (χ1) is 7.33. The number of ether oxygens (including phenoxy) is 1. The van der Waals surface area contributed by atoms with Crippen LogP contribution in [-0.4, -0.2) is 35.9 Å². The largest absolute Gasteiger partial charge is 0.444 e. The molecule has 0 spiro atoms. The third kappa shape index (κ3) is 3.37. The van der Waals surface area contributed by atoms with Crippen LogP contribution in [0.1, 0.15) is 27.2 Å². The molecule has 0 aromatic heterocycles. The van der Waals surface area contributed by atoms with E-state index in [4.69, 9.17) is 10.00 Å². The van der Waals surface area contributed by atoms with Crippen molar-refractivity contribution in [1.29, 1.82) is 5.26 Å². The molecule has 90 valence electrons. The fourth-order valence-electron chi connectivity index (χ4n) is 1.62. The third-order valence-electron chi connectivity index (χ3n) is 2.37. The van der Waals surface area contributed by atoms with Crippen LogP contribution >= 0.6 is 0 Å². The Morgan fingerprint density at radius 3 is 2.69 bits per heavy atom. The first kappa shape index (κ1) is 12.8. The van der Waals surface area contributed by atoms with Crippen molar-refractivity contribution in [3.63, 3.8) is 0 Å². The SMILES string of the molecule is CC(C)(C)OC(=O)N1C[C@H](CC#N)[C@@H](F)C1. The summed E-state index contributed by atoms with van der Waals surface area (Å²) in [6, 6.07) is 1.93. The summed E-state index contributed by atoms with van der Waals surface area (Å²) in [7, 11) is 0. The van der Waals surface area contributed by atoms with Crippen molar-refractivity contribution in [3.05, 3.63) is 0 Å². The van der Waals surface area contributed by atoms with Gasteiger partial charge in [-0.1, -0.05) is 0 Å². The van der Waals surface area contributed by atoms with E-state index < -0.39 is 17.9 Å². The minimum atomic E-state index is -1.12. The Hall–Kier alpha value is -1.31. The van der Waals surface area contributed by atoms with Crippen LogP contribution in [0.2, 0.25) is 0 Å². The van der Waals surface area contributed by atoms with Crippen molar-refractivity contribution < 1.29 is 13.9 Å². The van der Waals surface area contributed by atoms with Crippen molar-refractivity contribution in [2.24, 2.45) is 5.92 Å². The van der Waals surface area contributed by atoms with Crippen LogP contribution in [0.4, 0.5) is 9.18 Å². The van der Waals surface area contributed by atoms with Crippen molar-refractivity contribution in [3.8, 4) is 6.07 Å². The number of likely N-dealkylation sites (tertiary alicyclic amines) is 1. The summed E-state index contributed by atoms with van der Waals surface area (Å²) in [5.74, 6) is -0.377. The van der Waals surface area contributed by atoms with Gasteiger partial charge in [0.05, 0.1) is 12.6 Å². The summed E-state index contributed by atoms with van der Waals surface area (Å²) in [4.78, 5) is 12.9. The molecule has 0 aromatic carbocycles. The average molecular weight is 228 g/mol. The zero-order valence-electron chi connectivity index (χ0n) is 9.86. The molecule has 2 atom stereocenters. The predicted molar refractivity (Wildman–Crippen MR) is 56.4 cm³/mol. The summed E-state index contributed by atoms with van der Waals surface area (Å²) in [5, 5.41) is 8.50. The van der Waals surface area contributed by atoms with Gasteiger partial charge < -0.3 is 9.64 Å². The lowest BCUT2D eigenvalue weighted by Crippen LogP contribution is -2.35. The maximum atomic E-state index is 13.4. The first-order valence-electron chi connectivity index (χ1n) is 5.32. The molecule has 1 amide bonds. The van der Waals surface area contributed by atoms with Crippen LogP contribution in [0.25, 0.3) is 0 Å². The van der Waals surface area contributed by atoms with Crippen molar-refractivity contribution >= 4 is 6.09 Å². The topological polar surface area (TPSA) is 53.3 Å². The molecule has 1 rings (SSSR count). The lowest BCUT2D eigenvalue weighted by Gasteiger charge is -2.24. The molecular formula is C11H17FN2O2. The smallest absolute Gasteiger partial charge is 0.410 e. The molecule has 0 radical (unpaired) electrons. The van der Waals surface area contributed by atoms with Crippen LogP contribution in [0.3, 0.4) is 0 Å². The number of hydrogen-bond acceptors (Lipinski definition) is 3. The van der Waals surface area contributed by atoms with Gasteiger partial charge in [-0.05, 0) is 20.8 Å². The fourth-order valence-corrected chi connectivity index (χ4v) is 1.62. The summed E-state index contributed by atoms with van der Waals surface area (Å²) < 4.78 is 18.6. The van der Waals surface area contributed by atoms with Crippen molar-refractivity contribution in [2.75, 3.05) is 13.1 Å². The Kier molecular flexibility index (Phi) is 3.74. The van der Waals surface area contributed by atoms with E-state index in [-0.39, 0.29) is 25.4 Å². The van der Waals surface area contributed by atoms with Crippen LogP contribution < -0.4 is 0 Å². The highest BCUT2D eigenvalue weighted by molar-refractivity contribution is 5.68. The minimum absolute atomic E-state index is 0.0290. The van der Waals surface area contributed by atoms with Crippen LogP contribution in [0.5, 0.6) is 0 Å². The number of amides is 1. The van der Waals surface area contributed by atoms with Gasteiger partial charge in [0.15, 0.2) is 0 Å². The van der Waals surface area contributed by atoms with Gasteiger partial charge in [-0.2, -0.15) is 5.26 Å². The molecular weight excluding hydrogens is 211 g/mol. The van der Waals surface area contributed by atoms with Gasteiger partial charge >= 0.3 is 6.09 Å². The van der Waals surface area contributed by atoms with Gasteiger partial charge in [0.1, 0.15) is 11.8 Å². The average Bonchev–Trinajstić information content (AvgIpc) is 2.46. The molecule has 1 aliphatic heterocycles. The number of carbonyl (C=O) groups is 1. The number of nitriles is 1. The van der Waals surface area contributed by atoms with Gasteiger partial charge in [0.2, 0.25) is 0 Å². The zero-order valence-corrected chi connectivity index (χ0v) is 9.86. The van der Waals surface area contributed by atoms with E-state index in [1.54, 1.807) is 20.8 Å². The predicted octanol–water partition coefficient (Wildman–Crippen LogP) is 2.11. The second-order valence-electron chi connectivity index (χ2n) is 5.02. The molecule has 1 aliphatic rings. The Bertz CT molecular complexity index is 306. The van der Waals surface area contributed by atoms with E-state index in [2.05, 4.69) is 0 Å². The highest BCUT2D eigenvalue weighted by Crippen LogP contribution is 2.24. The number of nitrogens with zero attached hydrogens (tertiary/aromatic N) is 2. The molecule has 1 fully saturated rings. The normalized spacial score (nSPS) is 25.3. The van der Waals surface area contributed by atoms with Crippen molar-refractivity contribution in [2.45, 2.75) is 39.0 Å². The molecule has 0 aromatic rings. The Labute approximate surface area is 95.0 Å². The second-order valence-corrected chi connectivity index (χ2v) is 5.02. The fraction of sp³-hybridized carbons (Fsp3) is 0.818. The number of carbonyl (C=O) groups excluding carboxylic acids is 1. The zero-order chi connectivity index (χ0) is 12.3. The molecule has 0 N–H and O–H groups in total. The monoisotopic (exact) mass is 228 g/mol. The summed E-state index contributed by atoms with van der Waals surface area (Å²) >= 11 is 0. The highest BCUT2D eigenvalue weighted by atomic mass is 19.1. The van der Waals surface area contributed by atoms with Gasteiger partial charge in [-0.25, -0.2) is 9.18 Å². The Morgan fingerprint density at radius 2 is 2.19 bits per heavy atom. The highest BCUT2D eigenvalue weighted by Gasteiger charge is 2.36. The standard InChI is InChI=1S/C11H17FN2O2/c1-11(2,3)16-10(15)14-6-8(4-5-13)9(12)7-14/h8-9H,4,6-7H2,1-3H3/t8-,9-/m0/s1. The number of rotatable bonds is 1. The Morgan fingerprint density at radius 1 is 1.56 bits per heavy atom. The number of hydrogen-bond donors (Lipinski definition) is 0. The maximum Gasteiger partial charge on any atom is 0.410 e. The van der Waals surface area contributed by atoms with E-state index >= 15 is 0 Å².